The molecular formula is C14H15F3N2O. The highest BCUT2D eigenvalue weighted by Gasteiger charge is 2.31. The van der Waals surface area contributed by atoms with Crippen LogP contribution in [0.3, 0.4) is 0 Å². The van der Waals surface area contributed by atoms with Gasteiger partial charge in [-0.3, -0.25) is 0 Å². The fourth-order valence-corrected chi connectivity index (χ4v) is 1.99. The van der Waals surface area contributed by atoms with E-state index >= 15 is 0 Å². The number of hydrogen-bond acceptors (Lipinski definition) is 3. The summed E-state index contributed by atoms with van der Waals surface area (Å²) in [4.78, 5) is 0. The summed E-state index contributed by atoms with van der Waals surface area (Å²) in [5, 5.41) is 3.87. The van der Waals surface area contributed by atoms with Crippen LogP contribution >= 0.6 is 0 Å². The van der Waals surface area contributed by atoms with Crippen LogP contribution in [0.25, 0.3) is 11.1 Å². The molecule has 1 aromatic heterocycles. The van der Waals surface area contributed by atoms with Crippen molar-refractivity contribution in [2.24, 2.45) is 0 Å². The van der Waals surface area contributed by atoms with Crippen LogP contribution in [0.4, 0.5) is 19.1 Å². The number of aromatic nitrogens is 1. The highest BCUT2D eigenvalue weighted by Crippen LogP contribution is 2.38. The Morgan fingerprint density at radius 3 is 2.65 bits per heavy atom. The highest BCUT2D eigenvalue weighted by molar-refractivity contribution is 5.76. The summed E-state index contributed by atoms with van der Waals surface area (Å²) in [6.45, 7) is 3.89. The van der Waals surface area contributed by atoms with Gasteiger partial charge >= 0.3 is 6.18 Å². The molecule has 1 heterocycles. The SMILES string of the molecule is CCC(C)c1noc(N)c1-c1cccc(C(F)(F)F)c1. The zero-order valence-corrected chi connectivity index (χ0v) is 11.2. The van der Waals surface area contributed by atoms with Crippen LogP contribution in [0.2, 0.25) is 0 Å². The molecular weight excluding hydrogens is 269 g/mol. The van der Waals surface area contributed by atoms with Gasteiger partial charge in [-0.05, 0) is 24.1 Å². The molecule has 2 rings (SSSR count). The molecule has 2 aromatic rings. The summed E-state index contributed by atoms with van der Waals surface area (Å²) >= 11 is 0. The number of nitrogens with two attached hydrogens (primary N) is 1. The van der Waals surface area contributed by atoms with E-state index < -0.39 is 11.7 Å². The monoisotopic (exact) mass is 284 g/mol. The van der Waals surface area contributed by atoms with Crippen molar-refractivity contribution in [2.75, 3.05) is 5.73 Å². The number of halogens is 3. The molecule has 0 saturated carbocycles. The Kier molecular flexibility index (Phi) is 3.74. The van der Waals surface area contributed by atoms with Crippen molar-refractivity contribution in [2.45, 2.75) is 32.4 Å². The van der Waals surface area contributed by atoms with Gasteiger partial charge in [0.2, 0.25) is 5.88 Å². The summed E-state index contributed by atoms with van der Waals surface area (Å²) in [6.07, 6.45) is -3.60. The van der Waals surface area contributed by atoms with Crippen LogP contribution < -0.4 is 5.73 Å². The van der Waals surface area contributed by atoms with Gasteiger partial charge in [-0.1, -0.05) is 31.1 Å². The maximum atomic E-state index is 12.8. The molecule has 0 aliphatic heterocycles. The number of nitrogens with zero attached hydrogens (tertiary/aromatic N) is 1. The van der Waals surface area contributed by atoms with Gasteiger partial charge in [0.15, 0.2) is 0 Å². The predicted octanol–water partition coefficient (Wildman–Crippen LogP) is 4.46. The number of benzene rings is 1. The molecule has 108 valence electrons. The second-order valence-corrected chi connectivity index (χ2v) is 4.69. The zero-order valence-electron chi connectivity index (χ0n) is 11.2. The zero-order chi connectivity index (χ0) is 14.9. The second kappa shape index (κ2) is 5.19. The Bertz CT molecular complexity index is 605. The summed E-state index contributed by atoms with van der Waals surface area (Å²) in [5.41, 5.74) is 6.40. The van der Waals surface area contributed by atoms with Gasteiger partial charge in [-0.25, -0.2) is 0 Å². The molecule has 6 heteroatoms. The Morgan fingerprint density at radius 2 is 2.05 bits per heavy atom. The quantitative estimate of drug-likeness (QED) is 0.905. The minimum atomic E-state index is -4.39. The Balaban J connectivity index is 2.55. The van der Waals surface area contributed by atoms with Crippen LogP contribution in [-0.4, -0.2) is 5.16 Å². The normalized spacial score (nSPS) is 13.4. The van der Waals surface area contributed by atoms with E-state index in [-0.39, 0.29) is 11.8 Å². The minimum Gasteiger partial charge on any atom is -0.367 e. The van der Waals surface area contributed by atoms with Crippen molar-refractivity contribution >= 4 is 5.88 Å². The lowest BCUT2D eigenvalue weighted by Crippen LogP contribution is -2.05. The van der Waals surface area contributed by atoms with Gasteiger partial charge in [0.1, 0.15) is 0 Å². The molecule has 0 aliphatic carbocycles. The van der Waals surface area contributed by atoms with E-state index in [0.29, 0.717) is 16.8 Å². The summed E-state index contributed by atoms with van der Waals surface area (Å²) in [7, 11) is 0. The first-order valence-corrected chi connectivity index (χ1v) is 6.27. The lowest BCUT2D eigenvalue weighted by atomic mass is 9.95. The largest absolute Gasteiger partial charge is 0.416 e. The van der Waals surface area contributed by atoms with Gasteiger partial charge in [-0.2, -0.15) is 13.2 Å². The van der Waals surface area contributed by atoms with Gasteiger partial charge in [-0.15, -0.1) is 0 Å². The van der Waals surface area contributed by atoms with E-state index in [1.807, 2.05) is 13.8 Å². The second-order valence-electron chi connectivity index (χ2n) is 4.69. The van der Waals surface area contributed by atoms with Crippen molar-refractivity contribution in [3.05, 3.63) is 35.5 Å². The van der Waals surface area contributed by atoms with E-state index in [1.165, 1.54) is 6.07 Å². The number of rotatable bonds is 3. The van der Waals surface area contributed by atoms with Gasteiger partial charge in [0.05, 0.1) is 16.8 Å². The van der Waals surface area contributed by atoms with E-state index in [4.69, 9.17) is 10.3 Å². The van der Waals surface area contributed by atoms with Crippen LogP contribution in [0.15, 0.2) is 28.8 Å². The average molecular weight is 284 g/mol. The third kappa shape index (κ3) is 2.64. The molecule has 3 nitrogen and oxygen atoms in total. The number of hydrogen-bond donors (Lipinski definition) is 1. The average Bonchev–Trinajstić information content (AvgIpc) is 2.79. The van der Waals surface area contributed by atoms with Crippen molar-refractivity contribution in [3.63, 3.8) is 0 Å². The molecule has 0 radical (unpaired) electrons. The first kappa shape index (κ1) is 14.4. The molecule has 0 fully saturated rings. The Hall–Kier alpha value is -1.98. The fourth-order valence-electron chi connectivity index (χ4n) is 1.99. The molecule has 1 aromatic carbocycles. The topological polar surface area (TPSA) is 52.0 Å². The maximum Gasteiger partial charge on any atom is 0.416 e. The number of anilines is 1. The van der Waals surface area contributed by atoms with Crippen LogP contribution in [0.5, 0.6) is 0 Å². The lowest BCUT2D eigenvalue weighted by Gasteiger charge is -2.10. The van der Waals surface area contributed by atoms with Crippen LogP contribution in [0, 0.1) is 0 Å². The predicted molar refractivity (Wildman–Crippen MR) is 70.1 cm³/mol. The molecule has 0 bridgehead atoms. The summed E-state index contributed by atoms with van der Waals surface area (Å²) in [5.74, 6) is 0.0974. The van der Waals surface area contributed by atoms with Gasteiger partial charge in [0, 0.05) is 5.92 Å². The van der Waals surface area contributed by atoms with Crippen molar-refractivity contribution in [1.82, 2.24) is 5.16 Å². The third-order valence-electron chi connectivity index (χ3n) is 3.30. The maximum absolute atomic E-state index is 12.8. The third-order valence-corrected chi connectivity index (χ3v) is 3.30. The molecule has 20 heavy (non-hydrogen) atoms. The molecule has 1 atom stereocenters. The van der Waals surface area contributed by atoms with Gasteiger partial charge in [0.25, 0.3) is 0 Å². The number of alkyl halides is 3. The van der Waals surface area contributed by atoms with Crippen LogP contribution in [0.1, 0.15) is 37.4 Å². The molecule has 0 saturated heterocycles. The molecule has 1 unspecified atom stereocenters. The first-order valence-electron chi connectivity index (χ1n) is 6.27. The van der Waals surface area contributed by atoms with Crippen molar-refractivity contribution in [3.8, 4) is 11.1 Å². The van der Waals surface area contributed by atoms with E-state index in [2.05, 4.69) is 5.16 Å². The molecule has 0 amide bonds. The minimum absolute atomic E-state index is 0.0413. The van der Waals surface area contributed by atoms with Crippen molar-refractivity contribution in [1.29, 1.82) is 0 Å². The van der Waals surface area contributed by atoms with Crippen LogP contribution in [-0.2, 0) is 6.18 Å². The summed E-state index contributed by atoms with van der Waals surface area (Å²) in [6, 6.07) is 5.01. The van der Waals surface area contributed by atoms with E-state index in [9.17, 15) is 13.2 Å². The van der Waals surface area contributed by atoms with Gasteiger partial charge < -0.3 is 10.3 Å². The fraction of sp³-hybridized carbons (Fsp3) is 0.357. The standard InChI is InChI=1S/C14H15F3N2O/c1-3-8(2)12-11(13(18)20-19-12)9-5-4-6-10(7-9)14(15,16)17/h4-8H,3,18H2,1-2H3. The first-order chi connectivity index (χ1) is 9.34. The number of nitrogen functional groups attached to an aromatic ring is 1. The summed E-state index contributed by atoms with van der Waals surface area (Å²) < 4.78 is 43.2. The smallest absolute Gasteiger partial charge is 0.367 e. The van der Waals surface area contributed by atoms with E-state index in [0.717, 1.165) is 18.6 Å². The van der Waals surface area contributed by atoms with E-state index in [1.54, 1.807) is 6.07 Å². The molecule has 0 aliphatic rings. The highest BCUT2D eigenvalue weighted by atomic mass is 19.4. The van der Waals surface area contributed by atoms with Crippen molar-refractivity contribution < 1.29 is 17.7 Å². The Morgan fingerprint density at radius 1 is 1.35 bits per heavy atom. The molecule has 2 N–H and O–H groups in total. The lowest BCUT2D eigenvalue weighted by molar-refractivity contribution is -0.137. The molecule has 0 spiro atoms. The Labute approximate surface area is 114 Å².